The van der Waals surface area contributed by atoms with Crippen molar-refractivity contribution in [1.29, 1.82) is 0 Å². The number of fused-ring (bicyclic) bond motifs is 2. The Morgan fingerprint density at radius 3 is 2.60 bits per heavy atom. The summed E-state index contributed by atoms with van der Waals surface area (Å²) in [7, 11) is 0. The molecule has 1 aliphatic heterocycles. The number of hydrogen-bond acceptors (Lipinski definition) is 7. The van der Waals surface area contributed by atoms with E-state index in [1.54, 1.807) is 10.7 Å². The standard InChI is InChI=1S/C21H28N8O/c1-16-6-7-19-22-23-20(29(19)24-16)15-27-10-8-26(9-11-27)12-13-28-21(30)14-17-4-2-3-5-18(17)25-28/h6-7,14H,2-5,8-13,15H2,1H3. The van der Waals surface area contributed by atoms with Gasteiger partial charge >= 0.3 is 0 Å². The number of hydrogen-bond donors (Lipinski definition) is 0. The predicted octanol–water partition coefficient (Wildman–Crippen LogP) is 0.686. The molecule has 30 heavy (non-hydrogen) atoms. The predicted molar refractivity (Wildman–Crippen MR) is 112 cm³/mol. The molecule has 0 radical (unpaired) electrons. The highest BCUT2D eigenvalue weighted by atomic mass is 16.1. The van der Waals surface area contributed by atoms with E-state index in [1.165, 1.54) is 12.8 Å². The molecule has 1 fully saturated rings. The number of aromatic nitrogens is 6. The molecule has 0 atom stereocenters. The molecular weight excluding hydrogens is 380 g/mol. The molecule has 0 amide bonds. The van der Waals surface area contributed by atoms with Crippen molar-refractivity contribution in [3.8, 4) is 0 Å². The van der Waals surface area contributed by atoms with Gasteiger partial charge < -0.3 is 0 Å². The second-order valence-electron chi connectivity index (χ2n) is 8.36. The molecule has 0 aromatic carbocycles. The van der Waals surface area contributed by atoms with Gasteiger partial charge in [-0.3, -0.25) is 14.6 Å². The van der Waals surface area contributed by atoms with Crippen LogP contribution in [0.5, 0.6) is 0 Å². The summed E-state index contributed by atoms with van der Waals surface area (Å²) in [6.07, 6.45) is 4.34. The number of nitrogens with zero attached hydrogens (tertiary/aromatic N) is 8. The highest BCUT2D eigenvalue weighted by Gasteiger charge is 2.20. The summed E-state index contributed by atoms with van der Waals surface area (Å²) >= 11 is 0. The Balaban J connectivity index is 1.16. The van der Waals surface area contributed by atoms with Gasteiger partial charge in [-0.25, -0.2) is 4.68 Å². The van der Waals surface area contributed by atoms with E-state index < -0.39 is 0 Å². The van der Waals surface area contributed by atoms with Crippen LogP contribution < -0.4 is 5.56 Å². The van der Waals surface area contributed by atoms with Crippen molar-refractivity contribution in [2.24, 2.45) is 0 Å². The van der Waals surface area contributed by atoms with Gasteiger partial charge in [0.15, 0.2) is 11.5 Å². The molecule has 9 nitrogen and oxygen atoms in total. The minimum Gasteiger partial charge on any atom is -0.299 e. The summed E-state index contributed by atoms with van der Waals surface area (Å²) < 4.78 is 3.50. The van der Waals surface area contributed by atoms with E-state index >= 15 is 0 Å². The fraction of sp³-hybridized carbons (Fsp3) is 0.571. The molecule has 0 saturated carbocycles. The number of rotatable bonds is 5. The van der Waals surface area contributed by atoms with Crippen molar-refractivity contribution in [2.45, 2.75) is 45.7 Å². The van der Waals surface area contributed by atoms with Gasteiger partial charge in [0.2, 0.25) is 0 Å². The van der Waals surface area contributed by atoms with Gasteiger partial charge in [0.1, 0.15) is 0 Å². The van der Waals surface area contributed by atoms with Gasteiger partial charge in [0.25, 0.3) is 5.56 Å². The first kappa shape index (κ1) is 19.3. The molecule has 5 rings (SSSR count). The quantitative estimate of drug-likeness (QED) is 0.614. The third kappa shape index (κ3) is 3.99. The van der Waals surface area contributed by atoms with Crippen LogP contribution in [-0.4, -0.2) is 72.1 Å². The lowest BCUT2D eigenvalue weighted by Crippen LogP contribution is -2.47. The van der Waals surface area contributed by atoms with Crippen molar-refractivity contribution < 1.29 is 0 Å². The summed E-state index contributed by atoms with van der Waals surface area (Å²) in [5.74, 6) is 0.881. The van der Waals surface area contributed by atoms with Gasteiger partial charge in [0.05, 0.1) is 24.5 Å². The second kappa shape index (κ2) is 8.23. The van der Waals surface area contributed by atoms with Crippen LogP contribution in [0.2, 0.25) is 0 Å². The second-order valence-corrected chi connectivity index (χ2v) is 8.36. The average Bonchev–Trinajstić information content (AvgIpc) is 3.15. The summed E-state index contributed by atoms with van der Waals surface area (Å²) in [5.41, 5.74) is 4.06. The average molecular weight is 409 g/mol. The molecule has 1 saturated heterocycles. The van der Waals surface area contributed by atoms with Crippen LogP contribution >= 0.6 is 0 Å². The van der Waals surface area contributed by atoms with Gasteiger partial charge in [-0.15, -0.1) is 10.2 Å². The largest absolute Gasteiger partial charge is 0.299 e. The Hall–Kier alpha value is -2.65. The molecule has 3 aromatic heterocycles. The maximum atomic E-state index is 12.4. The lowest BCUT2D eigenvalue weighted by molar-refractivity contribution is 0.120. The topological polar surface area (TPSA) is 84.5 Å². The van der Waals surface area contributed by atoms with Crippen molar-refractivity contribution in [2.75, 3.05) is 32.7 Å². The van der Waals surface area contributed by atoms with E-state index in [4.69, 9.17) is 0 Å². The molecular formula is C21H28N8O. The molecule has 0 N–H and O–H groups in total. The molecule has 9 heteroatoms. The number of piperazine rings is 1. The monoisotopic (exact) mass is 408 g/mol. The van der Waals surface area contributed by atoms with E-state index in [9.17, 15) is 4.79 Å². The van der Waals surface area contributed by atoms with Gasteiger partial charge in [0, 0.05) is 38.8 Å². The zero-order chi connectivity index (χ0) is 20.5. The molecule has 0 bridgehead atoms. The third-order valence-corrected chi connectivity index (χ3v) is 6.19. The molecule has 158 valence electrons. The molecule has 0 unspecified atom stereocenters. The normalized spacial score (nSPS) is 18.0. The van der Waals surface area contributed by atoms with Crippen LogP contribution in [0.15, 0.2) is 23.0 Å². The maximum Gasteiger partial charge on any atom is 0.267 e. The van der Waals surface area contributed by atoms with Gasteiger partial charge in [-0.1, -0.05) is 0 Å². The fourth-order valence-electron chi connectivity index (χ4n) is 4.39. The van der Waals surface area contributed by atoms with Crippen molar-refractivity contribution in [3.05, 3.63) is 51.3 Å². The van der Waals surface area contributed by atoms with Crippen molar-refractivity contribution in [3.63, 3.8) is 0 Å². The highest BCUT2D eigenvalue weighted by Crippen LogP contribution is 2.17. The smallest absolute Gasteiger partial charge is 0.267 e. The minimum absolute atomic E-state index is 0.0377. The van der Waals surface area contributed by atoms with Crippen molar-refractivity contribution >= 4 is 5.65 Å². The molecule has 0 spiro atoms. The highest BCUT2D eigenvalue weighted by molar-refractivity contribution is 5.36. The molecule has 4 heterocycles. The maximum absolute atomic E-state index is 12.4. The van der Waals surface area contributed by atoms with E-state index in [2.05, 4.69) is 30.2 Å². The van der Waals surface area contributed by atoms with Gasteiger partial charge in [-0.2, -0.15) is 14.7 Å². The van der Waals surface area contributed by atoms with E-state index in [1.807, 2.05) is 23.6 Å². The zero-order valence-electron chi connectivity index (χ0n) is 17.5. The molecule has 3 aromatic rings. The summed E-state index contributed by atoms with van der Waals surface area (Å²) in [6, 6.07) is 5.71. The fourth-order valence-corrected chi connectivity index (χ4v) is 4.39. The Labute approximate surface area is 175 Å². The van der Waals surface area contributed by atoms with Gasteiger partial charge in [-0.05, 0) is 50.3 Å². The Bertz CT molecular complexity index is 1100. The minimum atomic E-state index is 0.0377. The zero-order valence-corrected chi connectivity index (χ0v) is 17.5. The Kier molecular flexibility index (Phi) is 5.30. The molecule has 2 aliphatic rings. The van der Waals surface area contributed by atoms with Crippen LogP contribution in [0, 0.1) is 6.92 Å². The summed E-state index contributed by atoms with van der Waals surface area (Å²) in [5, 5.41) is 17.7. The third-order valence-electron chi connectivity index (χ3n) is 6.19. The lowest BCUT2D eigenvalue weighted by Gasteiger charge is -2.34. The van der Waals surface area contributed by atoms with Crippen molar-refractivity contribution in [1.82, 2.24) is 39.4 Å². The van der Waals surface area contributed by atoms with E-state index in [0.29, 0.717) is 6.54 Å². The van der Waals surface area contributed by atoms with Crippen LogP contribution in [0.3, 0.4) is 0 Å². The first-order valence-electron chi connectivity index (χ1n) is 10.9. The summed E-state index contributed by atoms with van der Waals surface area (Å²) in [6.45, 7) is 8.12. The Morgan fingerprint density at radius 1 is 0.933 bits per heavy atom. The first-order chi connectivity index (χ1) is 14.7. The molecule has 1 aliphatic carbocycles. The van der Waals surface area contributed by atoms with E-state index in [0.717, 1.165) is 80.5 Å². The Morgan fingerprint density at radius 2 is 1.73 bits per heavy atom. The number of aryl methyl sites for hydroxylation is 3. The van der Waals surface area contributed by atoms with Crippen LogP contribution in [0.1, 0.15) is 35.6 Å². The van der Waals surface area contributed by atoms with Crippen LogP contribution in [0.4, 0.5) is 0 Å². The van der Waals surface area contributed by atoms with Crippen LogP contribution in [-0.2, 0) is 25.9 Å². The van der Waals surface area contributed by atoms with E-state index in [-0.39, 0.29) is 5.56 Å². The first-order valence-corrected chi connectivity index (χ1v) is 10.9. The summed E-state index contributed by atoms with van der Waals surface area (Å²) in [4.78, 5) is 17.2. The lowest BCUT2D eigenvalue weighted by atomic mass is 9.97. The van der Waals surface area contributed by atoms with Crippen LogP contribution in [0.25, 0.3) is 5.65 Å². The SMILES string of the molecule is Cc1ccc2nnc(CN3CCN(CCn4nc5c(cc4=O)CCCC5)CC3)n2n1.